The molecule has 0 unspecified atom stereocenters. The Morgan fingerprint density at radius 1 is 1.00 bits per heavy atom. The molecule has 0 aliphatic rings. The summed E-state index contributed by atoms with van der Waals surface area (Å²) in [6, 6.07) is 18.6. The number of nitrogens with zero attached hydrogens (tertiary/aromatic N) is 1. The Morgan fingerprint density at radius 3 is 2.81 bits per heavy atom. The molecule has 1 heterocycles. The highest BCUT2D eigenvalue weighted by Crippen LogP contribution is 2.16. The van der Waals surface area contributed by atoms with Crippen LogP contribution in [0.15, 0.2) is 60.8 Å². The van der Waals surface area contributed by atoms with E-state index in [2.05, 4.69) is 41.1 Å². The van der Waals surface area contributed by atoms with E-state index in [1.54, 1.807) is 0 Å². The van der Waals surface area contributed by atoms with E-state index in [4.69, 9.17) is 10.5 Å². The van der Waals surface area contributed by atoms with Gasteiger partial charge in [-0.2, -0.15) is 0 Å². The van der Waals surface area contributed by atoms with Gasteiger partial charge < -0.3 is 15.0 Å². The summed E-state index contributed by atoms with van der Waals surface area (Å²) in [7, 11) is 0. The van der Waals surface area contributed by atoms with Gasteiger partial charge in [0.05, 0.1) is 6.61 Å². The van der Waals surface area contributed by atoms with Crippen molar-refractivity contribution in [2.24, 2.45) is 5.73 Å². The largest absolute Gasteiger partial charge is 0.494 e. The van der Waals surface area contributed by atoms with E-state index in [1.165, 1.54) is 10.9 Å². The fourth-order valence-electron chi connectivity index (χ4n) is 2.52. The lowest BCUT2D eigenvalue weighted by molar-refractivity contribution is 0.302. The first-order valence-electron chi connectivity index (χ1n) is 7.32. The Morgan fingerprint density at radius 2 is 1.90 bits per heavy atom. The molecule has 0 aliphatic heterocycles. The van der Waals surface area contributed by atoms with Gasteiger partial charge in [0.15, 0.2) is 0 Å². The number of aryl methyl sites for hydroxylation is 1. The highest BCUT2D eigenvalue weighted by atomic mass is 16.5. The monoisotopic (exact) mass is 280 g/mol. The van der Waals surface area contributed by atoms with Crippen LogP contribution >= 0.6 is 0 Å². The normalized spacial score (nSPS) is 10.9. The van der Waals surface area contributed by atoms with Gasteiger partial charge in [-0.25, -0.2) is 0 Å². The molecule has 0 bridgehead atoms. The highest BCUT2D eigenvalue weighted by molar-refractivity contribution is 5.79. The molecular formula is C18H20N2O. The molecule has 0 radical (unpaired) electrons. The minimum Gasteiger partial charge on any atom is -0.494 e. The first kappa shape index (κ1) is 13.7. The van der Waals surface area contributed by atoms with Crippen LogP contribution in [-0.2, 0) is 13.1 Å². The Labute approximate surface area is 125 Å². The van der Waals surface area contributed by atoms with Crippen LogP contribution in [0.1, 0.15) is 12.0 Å². The maximum atomic E-state index is 5.79. The summed E-state index contributed by atoms with van der Waals surface area (Å²) in [5.74, 6) is 0.898. The lowest BCUT2D eigenvalue weighted by Crippen LogP contribution is -2.04. The smallest absolute Gasteiger partial charge is 0.119 e. The van der Waals surface area contributed by atoms with Crippen molar-refractivity contribution in [2.45, 2.75) is 19.5 Å². The van der Waals surface area contributed by atoms with Crippen molar-refractivity contribution in [3.8, 4) is 5.75 Å². The number of nitrogens with two attached hydrogens (primary N) is 1. The third kappa shape index (κ3) is 3.26. The number of aromatic nitrogens is 1. The van der Waals surface area contributed by atoms with Gasteiger partial charge in [0.25, 0.3) is 0 Å². The van der Waals surface area contributed by atoms with Crippen molar-refractivity contribution in [1.29, 1.82) is 0 Å². The summed E-state index contributed by atoms with van der Waals surface area (Å²) in [6.45, 7) is 2.22. The molecule has 3 aromatic rings. The zero-order valence-corrected chi connectivity index (χ0v) is 12.0. The number of rotatable bonds is 6. The average molecular weight is 280 g/mol. The van der Waals surface area contributed by atoms with Crippen LogP contribution in [0, 0.1) is 0 Å². The minimum absolute atomic E-state index is 0.548. The molecule has 21 heavy (non-hydrogen) atoms. The SMILES string of the molecule is NCc1cccc(OCCCn2ccc3ccccc32)c1. The van der Waals surface area contributed by atoms with E-state index in [-0.39, 0.29) is 0 Å². The van der Waals surface area contributed by atoms with Crippen molar-refractivity contribution >= 4 is 10.9 Å². The van der Waals surface area contributed by atoms with Gasteiger partial charge in [0, 0.05) is 24.8 Å². The molecule has 3 rings (SSSR count). The molecule has 0 spiro atoms. The van der Waals surface area contributed by atoms with Gasteiger partial charge in [-0.1, -0.05) is 30.3 Å². The van der Waals surface area contributed by atoms with E-state index >= 15 is 0 Å². The Kier molecular flexibility index (Phi) is 4.22. The topological polar surface area (TPSA) is 40.2 Å². The molecular weight excluding hydrogens is 260 g/mol. The molecule has 0 amide bonds. The molecule has 0 atom stereocenters. The summed E-state index contributed by atoms with van der Waals surface area (Å²) < 4.78 is 8.06. The molecule has 3 heteroatoms. The summed E-state index contributed by atoms with van der Waals surface area (Å²) in [5, 5.41) is 1.29. The molecule has 0 aliphatic carbocycles. The second-order valence-corrected chi connectivity index (χ2v) is 5.12. The Hall–Kier alpha value is -2.26. The Balaban J connectivity index is 1.54. The molecule has 2 N–H and O–H groups in total. The Bertz CT molecular complexity index is 718. The summed E-state index contributed by atoms with van der Waals surface area (Å²) in [6.07, 6.45) is 3.12. The molecule has 2 aromatic carbocycles. The van der Waals surface area contributed by atoms with Crippen LogP contribution < -0.4 is 10.5 Å². The highest BCUT2D eigenvalue weighted by Gasteiger charge is 2.00. The molecule has 0 saturated carbocycles. The number of ether oxygens (including phenoxy) is 1. The standard InChI is InChI=1S/C18H20N2O/c19-14-15-5-3-7-17(13-15)21-12-4-10-20-11-9-16-6-1-2-8-18(16)20/h1-3,5-9,11,13H,4,10,12,14,19H2. The second kappa shape index (κ2) is 6.46. The van der Waals surface area contributed by atoms with Crippen molar-refractivity contribution < 1.29 is 4.74 Å². The van der Waals surface area contributed by atoms with Crippen LogP contribution in [-0.4, -0.2) is 11.2 Å². The van der Waals surface area contributed by atoms with E-state index in [0.29, 0.717) is 13.2 Å². The fraction of sp³-hybridized carbons (Fsp3) is 0.222. The predicted octanol–water partition coefficient (Wildman–Crippen LogP) is 3.57. The predicted molar refractivity (Wildman–Crippen MR) is 86.4 cm³/mol. The third-order valence-electron chi connectivity index (χ3n) is 3.63. The van der Waals surface area contributed by atoms with Crippen LogP contribution in [0.2, 0.25) is 0 Å². The van der Waals surface area contributed by atoms with Gasteiger partial charge in [-0.15, -0.1) is 0 Å². The van der Waals surface area contributed by atoms with E-state index < -0.39 is 0 Å². The molecule has 0 fully saturated rings. The van der Waals surface area contributed by atoms with E-state index in [0.717, 1.165) is 24.3 Å². The van der Waals surface area contributed by atoms with Crippen molar-refractivity contribution in [3.05, 3.63) is 66.4 Å². The summed E-state index contributed by atoms with van der Waals surface area (Å²) in [4.78, 5) is 0. The maximum absolute atomic E-state index is 5.79. The number of benzene rings is 2. The first-order chi connectivity index (χ1) is 10.4. The van der Waals surface area contributed by atoms with Crippen molar-refractivity contribution in [3.63, 3.8) is 0 Å². The van der Waals surface area contributed by atoms with Crippen LogP contribution in [0.4, 0.5) is 0 Å². The number of para-hydroxylation sites is 1. The van der Waals surface area contributed by atoms with Crippen LogP contribution in [0.3, 0.4) is 0 Å². The zero-order valence-electron chi connectivity index (χ0n) is 12.0. The van der Waals surface area contributed by atoms with E-state index in [1.807, 2.05) is 24.3 Å². The fourth-order valence-corrected chi connectivity index (χ4v) is 2.52. The number of hydrogen-bond acceptors (Lipinski definition) is 2. The van der Waals surface area contributed by atoms with Crippen molar-refractivity contribution in [1.82, 2.24) is 4.57 Å². The molecule has 0 saturated heterocycles. The lowest BCUT2D eigenvalue weighted by atomic mass is 10.2. The maximum Gasteiger partial charge on any atom is 0.119 e. The van der Waals surface area contributed by atoms with Gasteiger partial charge in [0.2, 0.25) is 0 Å². The lowest BCUT2D eigenvalue weighted by Gasteiger charge is -2.09. The van der Waals surface area contributed by atoms with Gasteiger partial charge in [-0.3, -0.25) is 0 Å². The third-order valence-corrected chi connectivity index (χ3v) is 3.63. The minimum atomic E-state index is 0.548. The molecule has 3 nitrogen and oxygen atoms in total. The van der Waals surface area contributed by atoms with Crippen LogP contribution in [0.5, 0.6) is 5.75 Å². The quantitative estimate of drug-likeness (QED) is 0.701. The summed E-state index contributed by atoms with van der Waals surface area (Å²) in [5.41, 5.74) is 8.01. The molecule has 108 valence electrons. The average Bonchev–Trinajstić information content (AvgIpc) is 2.95. The van der Waals surface area contributed by atoms with Gasteiger partial charge >= 0.3 is 0 Å². The van der Waals surface area contributed by atoms with Crippen molar-refractivity contribution in [2.75, 3.05) is 6.61 Å². The van der Waals surface area contributed by atoms with Crippen LogP contribution in [0.25, 0.3) is 10.9 Å². The first-order valence-corrected chi connectivity index (χ1v) is 7.32. The zero-order chi connectivity index (χ0) is 14.5. The van der Waals surface area contributed by atoms with E-state index in [9.17, 15) is 0 Å². The second-order valence-electron chi connectivity index (χ2n) is 5.12. The number of fused-ring (bicyclic) bond motifs is 1. The summed E-state index contributed by atoms with van der Waals surface area (Å²) >= 11 is 0. The molecule has 1 aromatic heterocycles. The van der Waals surface area contributed by atoms with Gasteiger partial charge in [-0.05, 0) is 41.6 Å². The van der Waals surface area contributed by atoms with Gasteiger partial charge in [0.1, 0.15) is 5.75 Å². The number of hydrogen-bond donors (Lipinski definition) is 1.